The van der Waals surface area contributed by atoms with Crippen LogP contribution >= 0.6 is 11.8 Å². The Balaban J connectivity index is 1.96. The van der Waals surface area contributed by atoms with Crippen molar-refractivity contribution < 1.29 is 31.1 Å². The van der Waals surface area contributed by atoms with Crippen LogP contribution in [0.2, 0.25) is 0 Å². The lowest BCUT2D eigenvalue weighted by atomic mass is 9.89. The van der Waals surface area contributed by atoms with Gasteiger partial charge in [0.1, 0.15) is 0 Å². The second-order valence-corrected chi connectivity index (χ2v) is 7.68. The molecule has 1 heterocycles. The van der Waals surface area contributed by atoms with Crippen molar-refractivity contribution in [2.75, 3.05) is 17.2 Å². The summed E-state index contributed by atoms with van der Waals surface area (Å²) < 4.78 is 79.5. The van der Waals surface area contributed by atoms with Gasteiger partial charge in [-0.3, -0.25) is 4.79 Å². The smallest absolute Gasteiger partial charge is 0.310 e. The zero-order valence-corrected chi connectivity index (χ0v) is 15.7. The van der Waals surface area contributed by atoms with Gasteiger partial charge < -0.3 is 10.6 Å². The number of thioether (sulfide) groups is 1. The van der Waals surface area contributed by atoms with Crippen LogP contribution < -0.4 is 10.6 Å². The van der Waals surface area contributed by atoms with Gasteiger partial charge >= 0.3 is 12.4 Å². The molecule has 2 aromatic rings. The monoisotopic (exact) mass is 434 g/mol. The highest BCUT2D eigenvalue weighted by Crippen LogP contribution is 2.49. The predicted molar refractivity (Wildman–Crippen MR) is 97.6 cm³/mol. The number of nitrogens with zero attached hydrogens (tertiary/aromatic N) is 1. The van der Waals surface area contributed by atoms with E-state index in [0.717, 1.165) is 29.5 Å². The highest BCUT2D eigenvalue weighted by atomic mass is 32.2. The Bertz CT molecular complexity index is 884. The van der Waals surface area contributed by atoms with Crippen LogP contribution in [0.25, 0.3) is 0 Å². The first-order valence-electron chi connectivity index (χ1n) is 8.49. The zero-order valence-electron chi connectivity index (χ0n) is 14.8. The molecular weight excluding hydrogens is 418 g/mol. The fourth-order valence-electron chi connectivity index (χ4n) is 3.08. The fraction of sp³-hybridized carbons (Fsp3) is 0.316. The highest BCUT2D eigenvalue weighted by Gasteiger charge is 2.69. The standard InChI is InChI=1S/C19H16F6N2OS/c20-18(21,22)17(26,19(23,24)25)13-6-7-14-15(11-13)29-9-8-27(14)16(28)10-12-4-2-1-3-5-12/h1-7,11H,8-10,26H2. The molecule has 0 bridgehead atoms. The summed E-state index contributed by atoms with van der Waals surface area (Å²) in [5.74, 6) is 0.0446. The van der Waals surface area contributed by atoms with Crippen LogP contribution in [0.3, 0.4) is 0 Å². The second kappa shape index (κ2) is 7.56. The maximum atomic E-state index is 13.2. The van der Waals surface area contributed by atoms with E-state index in [0.29, 0.717) is 18.4 Å². The molecule has 0 unspecified atom stereocenters. The van der Waals surface area contributed by atoms with Crippen molar-refractivity contribution >= 4 is 23.4 Å². The minimum Gasteiger partial charge on any atom is -0.310 e. The summed E-state index contributed by atoms with van der Waals surface area (Å²) in [5, 5.41) is 0. The Morgan fingerprint density at radius 2 is 1.62 bits per heavy atom. The molecule has 2 aromatic carbocycles. The summed E-state index contributed by atoms with van der Waals surface area (Å²) in [6.07, 6.45) is -11.4. The van der Waals surface area contributed by atoms with E-state index in [9.17, 15) is 31.1 Å². The number of rotatable bonds is 3. The van der Waals surface area contributed by atoms with Crippen molar-refractivity contribution in [2.45, 2.75) is 29.2 Å². The Labute approximate surface area is 166 Å². The van der Waals surface area contributed by atoms with Gasteiger partial charge in [0.05, 0.1) is 12.1 Å². The van der Waals surface area contributed by atoms with Gasteiger partial charge in [0.15, 0.2) is 0 Å². The summed E-state index contributed by atoms with van der Waals surface area (Å²) in [6.45, 7) is 0.301. The third kappa shape index (κ3) is 3.95. The minimum absolute atomic E-state index is 0.0681. The fourth-order valence-corrected chi connectivity index (χ4v) is 4.11. The molecule has 0 atom stereocenters. The first-order chi connectivity index (χ1) is 13.4. The molecule has 10 heteroatoms. The number of hydrogen-bond donors (Lipinski definition) is 1. The number of benzene rings is 2. The number of alkyl halides is 6. The van der Waals surface area contributed by atoms with Crippen LogP contribution in [0, 0.1) is 0 Å². The number of carbonyl (C=O) groups is 1. The largest absolute Gasteiger partial charge is 0.419 e. The van der Waals surface area contributed by atoms with Gasteiger partial charge in [-0.05, 0) is 23.3 Å². The van der Waals surface area contributed by atoms with Crippen LogP contribution in [0.15, 0.2) is 53.4 Å². The van der Waals surface area contributed by atoms with Crippen molar-refractivity contribution in [2.24, 2.45) is 5.73 Å². The van der Waals surface area contributed by atoms with Crippen LogP contribution in [-0.2, 0) is 16.8 Å². The summed E-state index contributed by atoms with van der Waals surface area (Å²) >= 11 is 1.08. The van der Waals surface area contributed by atoms with Crippen molar-refractivity contribution in [3.8, 4) is 0 Å². The molecule has 0 saturated carbocycles. The first kappa shape index (κ1) is 21.5. The second-order valence-electron chi connectivity index (χ2n) is 6.54. The quantitative estimate of drug-likeness (QED) is 0.716. The van der Waals surface area contributed by atoms with Crippen LogP contribution in [0.4, 0.5) is 32.0 Å². The molecular formula is C19H16F6N2OS. The van der Waals surface area contributed by atoms with Crippen molar-refractivity contribution in [1.82, 2.24) is 0 Å². The first-order valence-corrected chi connectivity index (χ1v) is 9.47. The number of nitrogens with two attached hydrogens (primary N) is 1. The summed E-state index contributed by atoms with van der Waals surface area (Å²) in [5.41, 5.74) is 0.288. The number of carbonyl (C=O) groups excluding carboxylic acids is 1. The van der Waals surface area contributed by atoms with E-state index in [1.165, 1.54) is 4.90 Å². The van der Waals surface area contributed by atoms with Gasteiger partial charge in [-0.2, -0.15) is 26.3 Å². The maximum Gasteiger partial charge on any atom is 0.419 e. The van der Waals surface area contributed by atoms with Gasteiger partial charge in [0.25, 0.3) is 0 Å². The van der Waals surface area contributed by atoms with Gasteiger partial charge in [-0.25, -0.2) is 0 Å². The molecule has 0 fully saturated rings. The molecule has 1 aliphatic rings. The molecule has 3 nitrogen and oxygen atoms in total. The van der Waals surface area contributed by atoms with Gasteiger partial charge in [-0.15, -0.1) is 11.8 Å². The summed E-state index contributed by atoms with van der Waals surface area (Å²) in [6, 6.07) is 11.4. The number of halogens is 6. The van der Waals surface area contributed by atoms with E-state index in [-0.39, 0.29) is 22.9 Å². The van der Waals surface area contributed by atoms with E-state index in [4.69, 9.17) is 5.73 Å². The van der Waals surface area contributed by atoms with Crippen LogP contribution in [0.1, 0.15) is 11.1 Å². The lowest BCUT2D eigenvalue weighted by molar-refractivity contribution is -0.301. The van der Waals surface area contributed by atoms with Crippen molar-refractivity contribution in [3.05, 3.63) is 59.7 Å². The average molecular weight is 434 g/mol. The molecule has 0 aromatic heterocycles. The van der Waals surface area contributed by atoms with Crippen molar-refractivity contribution in [3.63, 3.8) is 0 Å². The average Bonchev–Trinajstić information content (AvgIpc) is 2.65. The van der Waals surface area contributed by atoms with Gasteiger partial charge in [0.2, 0.25) is 11.4 Å². The predicted octanol–water partition coefficient (Wildman–Crippen LogP) is 4.65. The lowest BCUT2D eigenvalue weighted by Gasteiger charge is -2.35. The number of anilines is 1. The molecule has 29 heavy (non-hydrogen) atoms. The number of fused-ring (bicyclic) bond motifs is 1. The Morgan fingerprint density at radius 1 is 1.00 bits per heavy atom. The normalized spacial score (nSPS) is 15.2. The van der Waals surface area contributed by atoms with Gasteiger partial charge in [0, 0.05) is 17.2 Å². The summed E-state index contributed by atoms with van der Waals surface area (Å²) in [7, 11) is 0. The maximum absolute atomic E-state index is 13.2. The third-order valence-electron chi connectivity index (χ3n) is 4.67. The minimum atomic E-state index is -5.73. The Morgan fingerprint density at radius 3 is 2.21 bits per heavy atom. The Kier molecular flexibility index (Phi) is 5.61. The topological polar surface area (TPSA) is 46.3 Å². The van der Waals surface area contributed by atoms with Crippen molar-refractivity contribution in [1.29, 1.82) is 0 Å². The molecule has 156 valence electrons. The van der Waals surface area contributed by atoms with Crippen LogP contribution in [0.5, 0.6) is 0 Å². The molecule has 1 amide bonds. The van der Waals surface area contributed by atoms with E-state index in [2.05, 4.69) is 0 Å². The molecule has 0 saturated heterocycles. The number of amides is 1. The summed E-state index contributed by atoms with van der Waals surface area (Å²) in [4.78, 5) is 14.2. The van der Waals surface area contributed by atoms with E-state index >= 15 is 0 Å². The van der Waals surface area contributed by atoms with Crippen LogP contribution in [-0.4, -0.2) is 30.6 Å². The lowest BCUT2D eigenvalue weighted by Crippen LogP contribution is -2.60. The SMILES string of the molecule is NC(c1ccc2c(c1)SCCN2C(=O)Cc1ccccc1)(C(F)(F)F)C(F)(F)F. The highest BCUT2D eigenvalue weighted by molar-refractivity contribution is 7.99. The molecule has 0 radical (unpaired) electrons. The van der Waals surface area contributed by atoms with E-state index in [1.807, 2.05) is 0 Å². The molecule has 1 aliphatic heterocycles. The molecule has 2 N–H and O–H groups in total. The number of hydrogen-bond acceptors (Lipinski definition) is 3. The van der Waals surface area contributed by atoms with E-state index in [1.54, 1.807) is 30.3 Å². The molecule has 0 spiro atoms. The zero-order chi connectivity index (χ0) is 21.4. The van der Waals surface area contributed by atoms with Gasteiger partial charge in [-0.1, -0.05) is 36.4 Å². The molecule has 3 rings (SSSR count). The van der Waals surface area contributed by atoms with E-state index < -0.39 is 23.5 Å². The Hall–Kier alpha value is -2.20. The molecule has 0 aliphatic carbocycles. The third-order valence-corrected chi connectivity index (χ3v) is 5.70.